The third kappa shape index (κ3) is 5.62. The number of guanidine groups is 1. The Morgan fingerprint density at radius 2 is 2.10 bits per heavy atom. The van der Waals surface area contributed by atoms with Crippen molar-refractivity contribution in [3.05, 3.63) is 45.4 Å². The Bertz CT molecular complexity index is 602. The lowest BCUT2D eigenvalue weighted by Gasteiger charge is -2.05. The molecule has 1 aromatic heterocycles. The van der Waals surface area contributed by atoms with Crippen LogP contribution in [0.15, 0.2) is 29.3 Å². The molecule has 0 aliphatic rings. The molecule has 114 valence electrons. The molecule has 1 heterocycles. The number of halogens is 1. The Labute approximate surface area is 146 Å². The van der Waals surface area contributed by atoms with E-state index in [-0.39, 0.29) is 24.0 Å². The van der Waals surface area contributed by atoms with Crippen LogP contribution < -0.4 is 11.1 Å². The first-order valence-corrected chi connectivity index (χ1v) is 7.43. The minimum atomic E-state index is 0. The fourth-order valence-electron chi connectivity index (χ4n) is 1.83. The predicted molar refractivity (Wildman–Crippen MR) is 102 cm³/mol. The fourth-order valence-corrected chi connectivity index (χ4v) is 2.75. The van der Waals surface area contributed by atoms with Crippen molar-refractivity contribution >= 4 is 47.0 Å². The summed E-state index contributed by atoms with van der Waals surface area (Å²) in [5.41, 5.74) is 9.14. The van der Waals surface area contributed by atoms with Crippen molar-refractivity contribution in [2.24, 2.45) is 10.7 Å². The molecular formula is C15H21IN4S. The van der Waals surface area contributed by atoms with Gasteiger partial charge in [-0.25, -0.2) is 4.98 Å². The van der Waals surface area contributed by atoms with Gasteiger partial charge in [0.15, 0.2) is 5.96 Å². The molecule has 0 aliphatic carbocycles. The van der Waals surface area contributed by atoms with E-state index in [0.717, 1.165) is 22.8 Å². The SMILES string of the molecule is Cc1cccc(NC(N)=NCCc2nc(C)c(C)s2)c1.I. The molecule has 0 aliphatic heterocycles. The molecule has 0 bridgehead atoms. The molecular weight excluding hydrogens is 395 g/mol. The van der Waals surface area contributed by atoms with Crippen molar-refractivity contribution in [2.75, 3.05) is 11.9 Å². The van der Waals surface area contributed by atoms with Crippen LogP contribution in [-0.2, 0) is 6.42 Å². The van der Waals surface area contributed by atoms with Crippen LogP contribution in [0.1, 0.15) is 21.1 Å². The molecule has 0 radical (unpaired) electrons. The minimum absolute atomic E-state index is 0. The van der Waals surface area contributed by atoms with Crippen molar-refractivity contribution in [2.45, 2.75) is 27.2 Å². The van der Waals surface area contributed by atoms with E-state index in [1.807, 2.05) is 38.1 Å². The van der Waals surface area contributed by atoms with Gasteiger partial charge in [-0.15, -0.1) is 35.3 Å². The van der Waals surface area contributed by atoms with Crippen LogP contribution in [0.3, 0.4) is 0 Å². The molecule has 4 nitrogen and oxygen atoms in total. The Balaban J connectivity index is 0.00000220. The van der Waals surface area contributed by atoms with Crippen LogP contribution >= 0.6 is 35.3 Å². The maximum atomic E-state index is 5.88. The van der Waals surface area contributed by atoms with Gasteiger partial charge in [-0.05, 0) is 38.5 Å². The average molecular weight is 416 g/mol. The lowest BCUT2D eigenvalue weighted by molar-refractivity contribution is 0.941. The Kier molecular flexibility index (Phi) is 7.10. The van der Waals surface area contributed by atoms with Gasteiger partial charge in [0.05, 0.1) is 10.7 Å². The van der Waals surface area contributed by atoms with Crippen molar-refractivity contribution in [1.82, 2.24) is 4.98 Å². The van der Waals surface area contributed by atoms with E-state index in [9.17, 15) is 0 Å². The number of hydrogen-bond acceptors (Lipinski definition) is 3. The summed E-state index contributed by atoms with van der Waals surface area (Å²) in [6, 6.07) is 8.05. The molecule has 0 atom stereocenters. The number of nitrogens with two attached hydrogens (primary N) is 1. The normalized spacial score (nSPS) is 11.1. The second-order valence-corrected chi connectivity index (χ2v) is 6.05. The third-order valence-electron chi connectivity index (χ3n) is 2.97. The summed E-state index contributed by atoms with van der Waals surface area (Å²) in [5, 5.41) is 4.21. The van der Waals surface area contributed by atoms with Gasteiger partial charge < -0.3 is 11.1 Å². The molecule has 21 heavy (non-hydrogen) atoms. The Hall–Kier alpha value is -1.15. The highest BCUT2D eigenvalue weighted by molar-refractivity contribution is 14.0. The number of aromatic nitrogens is 1. The van der Waals surface area contributed by atoms with Gasteiger partial charge >= 0.3 is 0 Å². The van der Waals surface area contributed by atoms with E-state index < -0.39 is 0 Å². The summed E-state index contributed by atoms with van der Waals surface area (Å²) in [7, 11) is 0. The lowest BCUT2D eigenvalue weighted by Crippen LogP contribution is -2.23. The highest BCUT2D eigenvalue weighted by atomic mass is 127. The molecule has 0 saturated heterocycles. The zero-order valence-corrected chi connectivity index (χ0v) is 15.7. The number of benzene rings is 1. The molecule has 1 aromatic carbocycles. The van der Waals surface area contributed by atoms with Gasteiger partial charge in [0.25, 0.3) is 0 Å². The van der Waals surface area contributed by atoms with Gasteiger partial charge in [0.1, 0.15) is 0 Å². The summed E-state index contributed by atoms with van der Waals surface area (Å²) < 4.78 is 0. The first-order valence-electron chi connectivity index (χ1n) is 6.61. The number of aliphatic imine (C=N–C) groups is 1. The van der Waals surface area contributed by atoms with Gasteiger partial charge in [-0.1, -0.05) is 12.1 Å². The molecule has 0 amide bonds. The summed E-state index contributed by atoms with van der Waals surface area (Å²) >= 11 is 1.73. The smallest absolute Gasteiger partial charge is 0.193 e. The molecule has 2 aromatic rings. The monoisotopic (exact) mass is 416 g/mol. The first kappa shape index (κ1) is 17.9. The maximum absolute atomic E-state index is 5.88. The largest absolute Gasteiger partial charge is 0.370 e. The molecule has 6 heteroatoms. The second-order valence-electron chi connectivity index (χ2n) is 4.76. The number of aryl methyl sites for hydroxylation is 3. The quantitative estimate of drug-likeness (QED) is 0.454. The molecule has 0 spiro atoms. The van der Waals surface area contributed by atoms with Gasteiger partial charge in [0.2, 0.25) is 0 Å². The lowest BCUT2D eigenvalue weighted by atomic mass is 10.2. The maximum Gasteiger partial charge on any atom is 0.193 e. The van der Waals surface area contributed by atoms with E-state index in [0.29, 0.717) is 12.5 Å². The molecule has 0 unspecified atom stereocenters. The molecule has 2 rings (SSSR count). The van der Waals surface area contributed by atoms with Gasteiger partial charge in [-0.2, -0.15) is 0 Å². The van der Waals surface area contributed by atoms with E-state index in [2.05, 4.69) is 22.2 Å². The van der Waals surface area contributed by atoms with Crippen LogP contribution in [0, 0.1) is 20.8 Å². The van der Waals surface area contributed by atoms with E-state index in [4.69, 9.17) is 5.73 Å². The van der Waals surface area contributed by atoms with Crippen LogP contribution in [0.4, 0.5) is 5.69 Å². The number of nitrogens with one attached hydrogen (secondary N) is 1. The summed E-state index contributed by atoms with van der Waals surface area (Å²) in [6.07, 6.45) is 0.829. The zero-order valence-electron chi connectivity index (χ0n) is 12.5. The fraction of sp³-hybridized carbons (Fsp3) is 0.333. The van der Waals surface area contributed by atoms with Crippen LogP contribution in [0.25, 0.3) is 0 Å². The van der Waals surface area contributed by atoms with Crippen LogP contribution in [0.2, 0.25) is 0 Å². The third-order valence-corrected chi connectivity index (χ3v) is 4.10. The second kappa shape index (κ2) is 8.33. The first-order chi connectivity index (χ1) is 9.54. The standard InChI is InChI=1S/C15H20N4S.HI/c1-10-5-4-6-13(9-10)19-15(16)17-8-7-14-18-11(2)12(3)20-14;/h4-6,9H,7-8H2,1-3H3,(H3,16,17,19);1H. The zero-order chi connectivity index (χ0) is 14.5. The summed E-state index contributed by atoms with van der Waals surface area (Å²) in [4.78, 5) is 10.1. The molecule has 0 saturated carbocycles. The molecule has 0 fully saturated rings. The van der Waals surface area contributed by atoms with Crippen LogP contribution in [0.5, 0.6) is 0 Å². The number of rotatable bonds is 4. The predicted octanol–water partition coefficient (Wildman–Crippen LogP) is 3.66. The number of thiazole rings is 1. The van der Waals surface area contributed by atoms with E-state index in [1.54, 1.807) is 11.3 Å². The van der Waals surface area contributed by atoms with Crippen molar-refractivity contribution in [3.8, 4) is 0 Å². The van der Waals surface area contributed by atoms with E-state index in [1.165, 1.54) is 10.4 Å². The Morgan fingerprint density at radius 3 is 2.71 bits per heavy atom. The van der Waals surface area contributed by atoms with E-state index >= 15 is 0 Å². The summed E-state index contributed by atoms with van der Waals surface area (Å²) in [5.74, 6) is 0.445. The van der Waals surface area contributed by atoms with Crippen molar-refractivity contribution in [1.29, 1.82) is 0 Å². The average Bonchev–Trinajstić information content (AvgIpc) is 2.68. The Morgan fingerprint density at radius 1 is 1.33 bits per heavy atom. The van der Waals surface area contributed by atoms with Crippen molar-refractivity contribution in [3.63, 3.8) is 0 Å². The minimum Gasteiger partial charge on any atom is -0.370 e. The molecule has 3 N–H and O–H groups in total. The number of hydrogen-bond donors (Lipinski definition) is 2. The van der Waals surface area contributed by atoms with Gasteiger partial charge in [0, 0.05) is 23.5 Å². The van der Waals surface area contributed by atoms with Crippen molar-refractivity contribution < 1.29 is 0 Å². The topological polar surface area (TPSA) is 63.3 Å². The highest BCUT2D eigenvalue weighted by Gasteiger charge is 2.03. The number of anilines is 1. The summed E-state index contributed by atoms with van der Waals surface area (Å²) in [6.45, 7) is 6.82. The van der Waals surface area contributed by atoms with Gasteiger partial charge in [-0.3, -0.25) is 4.99 Å². The van der Waals surface area contributed by atoms with Crippen LogP contribution in [-0.4, -0.2) is 17.5 Å². The number of nitrogens with zero attached hydrogens (tertiary/aromatic N) is 2. The highest BCUT2D eigenvalue weighted by Crippen LogP contribution is 2.16.